The molecular weight excluding hydrogens is 354 g/mol. The molecule has 0 amide bonds. The third-order valence-corrected chi connectivity index (χ3v) is 4.40. The molecule has 19 heavy (non-hydrogen) atoms. The highest BCUT2D eigenvalue weighted by molar-refractivity contribution is 9.10. The van der Waals surface area contributed by atoms with Gasteiger partial charge in [0.1, 0.15) is 5.82 Å². The predicted octanol–water partition coefficient (Wildman–Crippen LogP) is 5.17. The molecule has 100 valence electrons. The van der Waals surface area contributed by atoms with Crippen molar-refractivity contribution < 1.29 is 9.50 Å². The lowest BCUT2D eigenvalue weighted by Crippen LogP contribution is -2.03. The molecule has 1 N–H and O–H groups in total. The van der Waals surface area contributed by atoms with Crippen LogP contribution in [0.5, 0.6) is 0 Å². The van der Waals surface area contributed by atoms with Gasteiger partial charge >= 0.3 is 0 Å². The molecule has 0 heterocycles. The molecule has 1 nitrogen and oxygen atoms in total. The fraction of sp³-hybridized carbons (Fsp3) is 0.143. The summed E-state index contributed by atoms with van der Waals surface area (Å²) in [7, 11) is 0. The summed E-state index contributed by atoms with van der Waals surface area (Å²) in [6.07, 6.45) is -0.482. The van der Waals surface area contributed by atoms with E-state index in [9.17, 15) is 9.50 Å². The fourth-order valence-corrected chi connectivity index (χ4v) is 2.48. The highest BCUT2D eigenvalue weighted by atomic mass is 79.9. The molecule has 0 aliphatic heterocycles. The standard InChI is InChI=1S/C14H10BrCl2FO/c15-14-9(2-1-3-12(14)18)7-13(19)8-4-5-10(16)11(17)6-8/h1-6,13,19H,7H2. The van der Waals surface area contributed by atoms with Gasteiger partial charge in [-0.3, -0.25) is 0 Å². The van der Waals surface area contributed by atoms with Crippen LogP contribution in [0.4, 0.5) is 4.39 Å². The molecule has 1 atom stereocenters. The summed E-state index contributed by atoms with van der Waals surface area (Å²) in [6.45, 7) is 0. The maximum absolute atomic E-state index is 13.4. The van der Waals surface area contributed by atoms with Crippen LogP contribution in [-0.4, -0.2) is 5.11 Å². The Morgan fingerprint density at radius 1 is 1.16 bits per heavy atom. The van der Waals surface area contributed by atoms with Gasteiger partial charge < -0.3 is 5.11 Å². The number of halogens is 4. The zero-order valence-corrected chi connectivity index (χ0v) is 12.8. The van der Waals surface area contributed by atoms with E-state index in [0.29, 0.717) is 25.6 Å². The molecule has 0 saturated heterocycles. The first-order valence-electron chi connectivity index (χ1n) is 5.55. The quantitative estimate of drug-likeness (QED) is 0.797. The van der Waals surface area contributed by atoms with Crippen molar-refractivity contribution in [3.63, 3.8) is 0 Å². The Labute approximate surface area is 129 Å². The molecule has 0 aromatic heterocycles. The molecule has 0 fully saturated rings. The highest BCUT2D eigenvalue weighted by Gasteiger charge is 2.13. The molecule has 0 spiro atoms. The van der Waals surface area contributed by atoms with Gasteiger partial charge in [0.2, 0.25) is 0 Å². The van der Waals surface area contributed by atoms with Crippen molar-refractivity contribution in [3.8, 4) is 0 Å². The molecule has 0 radical (unpaired) electrons. The first-order valence-corrected chi connectivity index (χ1v) is 7.10. The summed E-state index contributed by atoms with van der Waals surface area (Å²) in [5.74, 6) is -0.348. The minimum absolute atomic E-state index is 0.288. The number of aliphatic hydroxyl groups is 1. The van der Waals surface area contributed by atoms with E-state index < -0.39 is 6.10 Å². The predicted molar refractivity (Wildman–Crippen MR) is 79.2 cm³/mol. The van der Waals surface area contributed by atoms with Gasteiger partial charge in [0, 0.05) is 6.42 Å². The van der Waals surface area contributed by atoms with Crippen LogP contribution in [0.25, 0.3) is 0 Å². The minimum Gasteiger partial charge on any atom is -0.388 e. The molecule has 1 unspecified atom stereocenters. The van der Waals surface area contributed by atoms with Crippen molar-refractivity contribution in [2.75, 3.05) is 0 Å². The number of rotatable bonds is 3. The Kier molecular flexibility index (Phi) is 4.85. The van der Waals surface area contributed by atoms with Crippen molar-refractivity contribution in [2.24, 2.45) is 0 Å². The SMILES string of the molecule is OC(Cc1cccc(F)c1Br)c1ccc(Cl)c(Cl)c1. The van der Waals surface area contributed by atoms with Crippen LogP contribution < -0.4 is 0 Å². The molecule has 0 bridgehead atoms. The van der Waals surface area contributed by atoms with E-state index in [2.05, 4.69) is 15.9 Å². The molecule has 5 heteroatoms. The lowest BCUT2D eigenvalue weighted by molar-refractivity contribution is 0.178. The fourth-order valence-electron chi connectivity index (χ4n) is 1.75. The van der Waals surface area contributed by atoms with E-state index in [1.807, 2.05) is 0 Å². The van der Waals surface area contributed by atoms with Crippen molar-refractivity contribution in [1.82, 2.24) is 0 Å². The smallest absolute Gasteiger partial charge is 0.137 e. The Morgan fingerprint density at radius 2 is 1.89 bits per heavy atom. The van der Waals surface area contributed by atoms with E-state index in [1.165, 1.54) is 6.07 Å². The summed E-state index contributed by atoms with van der Waals surface area (Å²) in [4.78, 5) is 0. The topological polar surface area (TPSA) is 20.2 Å². The maximum atomic E-state index is 13.4. The largest absolute Gasteiger partial charge is 0.388 e. The van der Waals surface area contributed by atoms with Crippen LogP contribution in [-0.2, 0) is 6.42 Å². The second kappa shape index (κ2) is 6.23. The molecule has 2 aromatic rings. The van der Waals surface area contributed by atoms with Crippen LogP contribution in [0.1, 0.15) is 17.2 Å². The second-order valence-corrected chi connectivity index (χ2v) is 5.71. The van der Waals surface area contributed by atoms with Gasteiger partial charge in [-0.1, -0.05) is 41.4 Å². The number of hydrogen-bond acceptors (Lipinski definition) is 1. The first-order chi connectivity index (χ1) is 8.99. The average molecular weight is 364 g/mol. The lowest BCUT2D eigenvalue weighted by Gasteiger charge is -2.13. The van der Waals surface area contributed by atoms with Gasteiger partial charge in [-0.05, 0) is 45.3 Å². The van der Waals surface area contributed by atoms with Crippen molar-refractivity contribution in [3.05, 3.63) is 67.9 Å². The molecule has 0 aliphatic rings. The number of hydrogen-bond donors (Lipinski definition) is 1. The number of aliphatic hydroxyl groups excluding tert-OH is 1. The summed E-state index contributed by atoms with van der Waals surface area (Å²) in [5, 5.41) is 11.0. The van der Waals surface area contributed by atoms with Crippen LogP contribution in [0.2, 0.25) is 10.0 Å². The average Bonchev–Trinajstić information content (AvgIpc) is 2.38. The number of benzene rings is 2. The van der Waals surface area contributed by atoms with Crippen LogP contribution >= 0.6 is 39.1 Å². The second-order valence-electron chi connectivity index (χ2n) is 4.11. The van der Waals surface area contributed by atoms with Crippen LogP contribution in [0, 0.1) is 5.82 Å². The summed E-state index contributed by atoms with van der Waals surface area (Å²) in [6, 6.07) is 9.67. The van der Waals surface area contributed by atoms with Crippen molar-refractivity contribution in [1.29, 1.82) is 0 Å². The Balaban J connectivity index is 2.23. The first kappa shape index (κ1) is 14.8. The van der Waals surface area contributed by atoms with Gasteiger partial charge in [-0.15, -0.1) is 0 Å². The van der Waals surface area contributed by atoms with Gasteiger partial charge in [0.15, 0.2) is 0 Å². The zero-order valence-electron chi connectivity index (χ0n) is 9.71. The third kappa shape index (κ3) is 3.48. The van der Waals surface area contributed by atoms with E-state index in [-0.39, 0.29) is 12.2 Å². The van der Waals surface area contributed by atoms with Crippen molar-refractivity contribution >= 4 is 39.1 Å². The van der Waals surface area contributed by atoms with Gasteiger partial charge in [-0.2, -0.15) is 0 Å². The summed E-state index contributed by atoms with van der Waals surface area (Å²) in [5.41, 5.74) is 1.34. The van der Waals surface area contributed by atoms with Gasteiger partial charge in [-0.25, -0.2) is 4.39 Å². The Morgan fingerprint density at radius 3 is 2.58 bits per heavy atom. The van der Waals surface area contributed by atoms with E-state index in [1.54, 1.807) is 30.3 Å². The van der Waals surface area contributed by atoms with Crippen LogP contribution in [0.15, 0.2) is 40.9 Å². The molecular formula is C14H10BrCl2FO. The lowest BCUT2D eigenvalue weighted by atomic mass is 10.0. The van der Waals surface area contributed by atoms with Crippen LogP contribution in [0.3, 0.4) is 0 Å². The van der Waals surface area contributed by atoms with E-state index in [0.717, 1.165) is 0 Å². The summed E-state index contributed by atoms with van der Waals surface area (Å²) >= 11 is 14.9. The Bertz CT molecular complexity index is 604. The molecule has 0 aliphatic carbocycles. The minimum atomic E-state index is -0.770. The molecule has 2 aromatic carbocycles. The van der Waals surface area contributed by atoms with Crippen molar-refractivity contribution in [2.45, 2.75) is 12.5 Å². The van der Waals surface area contributed by atoms with Gasteiger partial charge in [0.05, 0.1) is 20.6 Å². The third-order valence-electron chi connectivity index (χ3n) is 2.77. The monoisotopic (exact) mass is 362 g/mol. The van der Waals surface area contributed by atoms with E-state index in [4.69, 9.17) is 23.2 Å². The molecule has 2 rings (SSSR count). The Hall–Kier alpha value is -0.610. The molecule has 0 saturated carbocycles. The normalized spacial score (nSPS) is 12.5. The van der Waals surface area contributed by atoms with Gasteiger partial charge in [0.25, 0.3) is 0 Å². The summed E-state index contributed by atoms with van der Waals surface area (Å²) < 4.78 is 13.8. The highest BCUT2D eigenvalue weighted by Crippen LogP contribution is 2.29. The van der Waals surface area contributed by atoms with E-state index >= 15 is 0 Å². The maximum Gasteiger partial charge on any atom is 0.137 e. The zero-order chi connectivity index (χ0) is 14.0.